The standard InChI is InChI=1S/C69H63N/c1-44(2)67(45(3)4)60-32-20-19-30-55(60)58-42-64-59(43-63(58)67)57-31-22-34-65(66(57)68(64,46(5)6)47(7)8)70(52-37-35-49(36-38-52)48-23-12-9-13-24-48)53-39-40-56-54-29-18-21-33-61(54)69(62(56)41-53,50-25-14-10-15-26-50)51-27-16-11-17-28-51/h9-47H,1-8H3. The Bertz CT molecular complexity index is 3370. The molecule has 0 atom stereocenters. The molecule has 0 heterocycles. The third-order valence-electron chi connectivity index (χ3n) is 17.3. The average Bonchev–Trinajstić information content (AvgIpc) is 3.98. The second kappa shape index (κ2) is 16.5. The van der Waals surface area contributed by atoms with Gasteiger partial charge < -0.3 is 4.90 Å². The monoisotopic (exact) mass is 905 g/mol. The first-order valence-electron chi connectivity index (χ1n) is 25.8. The van der Waals surface area contributed by atoms with E-state index in [0.717, 1.165) is 11.4 Å². The van der Waals surface area contributed by atoms with Crippen LogP contribution in [0.4, 0.5) is 17.1 Å². The SMILES string of the molecule is CC(C)C1(C(C)C)c2ccccc2-c2cc3c(cc21)-c1cccc(N(c2ccc(-c4ccccc4)cc2)c2ccc4c(c2)C(c2ccccc2)(c2ccccc2)c2ccccc2-4)c1C3(C(C)C)C(C)C. The van der Waals surface area contributed by atoms with Crippen molar-refractivity contribution in [1.29, 1.82) is 0 Å². The van der Waals surface area contributed by atoms with E-state index in [1.165, 1.54) is 94.7 Å². The van der Waals surface area contributed by atoms with Crippen LogP contribution in [0.25, 0.3) is 44.5 Å². The molecule has 0 saturated carbocycles. The van der Waals surface area contributed by atoms with Crippen molar-refractivity contribution in [2.24, 2.45) is 23.7 Å². The Hall–Kier alpha value is -7.22. The van der Waals surface area contributed by atoms with E-state index in [1.54, 1.807) is 0 Å². The zero-order valence-electron chi connectivity index (χ0n) is 42.0. The van der Waals surface area contributed by atoms with Gasteiger partial charge >= 0.3 is 0 Å². The molecule has 0 saturated heterocycles. The molecule has 0 bridgehead atoms. The molecule has 0 aliphatic heterocycles. The molecule has 9 aromatic carbocycles. The van der Waals surface area contributed by atoms with E-state index in [2.05, 4.69) is 273 Å². The maximum atomic E-state index is 2.67. The van der Waals surface area contributed by atoms with E-state index in [0.29, 0.717) is 23.7 Å². The van der Waals surface area contributed by atoms with Gasteiger partial charge in [-0.15, -0.1) is 0 Å². The van der Waals surface area contributed by atoms with Gasteiger partial charge in [0.15, 0.2) is 0 Å². The van der Waals surface area contributed by atoms with Crippen molar-refractivity contribution in [3.8, 4) is 44.5 Å². The van der Waals surface area contributed by atoms with Gasteiger partial charge in [0.1, 0.15) is 0 Å². The molecular weight excluding hydrogens is 843 g/mol. The molecule has 0 N–H and O–H groups in total. The van der Waals surface area contributed by atoms with Crippen LogP contribution in [0.1, 0.15) is 99.9 Å². The largest absolute Gasteiger partial charge is 0.310 e. The number of benzene rings is 9. The molecular formula is C69H63N. The number of nitrogens with zero attached hydrogens (tertiary/aromatic N) is 1. The van der Waals surface area contributed by atoms with Crippen molar-refractivity contribution in [3.05, 3.63) is 257 Å². The summed E-state index contributed by atoms with van der Waals surface area (Å²) in [4.78, 5) is 2.61. The molecule has 3 aliphatic rings. The summed E-state index contributed by atoms with van der Waals surface area (Å²) in [6.07, 6.45) is 0. The van der Waals surface area contributed by atoms with Crippen molar-refractivity contribution in [2.45, 2.75) is 71.6 Å². The van der Waals surface area contributed by atoms with Crippen molar-refractivity contribution >= 4 is 17.1 Å². The van der Waals surface area contributed by atoms with E-state index in [4.69, 9.17) is 0 Å². The predicted octanol–water partition coefficient (Wildman–Crippen LogP) is 18.3. The normalized spacial score (nSPS) is 15.1. The highest BCUT2D eigenvalue weighted by atomic mass is 15.1. The molecule has 344 valence electrons. The van der Waals surface area contributed by atoms with Crippen LogP contribution in [0.15, 0.2) is 212 Å². The molecule has 12 rings (SSSR count). The summed E-state index contributed by atoms with van der Waals surface area (Å²) in [5.74, 6) is 1.42. The average molecular weight is 906 g/mol. The lowest BCUT2D eigenvalue weighted by atomic mass is 9.61. The minimum absolute atomic E-state index is 0.0990. The number of hydrogen-bond donors (Lipinski definition) is 0. The molecule has 3 aliphatic carbocycles. The Kier molecular flexibility index (Phi) is 10.3. The Balaban J connectivity index is 1.15. The van der Waals surface area contributed by atoms with Crippen LogP contribution in [0.3, 0.4) is 0 Å². The Morgan fingerprint density at radius 3 is 1.33 bits per heavy atom. The summed E-state index contributed by atoms with van der Waals surface area (Å²) in [5, 5.41) is 0. The second-order valence-electron chi connectivity index (χ2n) is 21.6. The molecule has 0 radical (unpaired) electrons. The van der Waals surface area contributed by atoms with Crippen LogP contribution in [0.5, 0.6) is 0 Å². The lowest BCUT2D eigenvalue weighted by Gasteiger charge is -2.43. The molecule has 70 heavy (non-hydrogen) atoms. The van der Waals surface area contributed by atoms with Gasteiger partial charge in [0.2, 0.25) is 0 Å². The lowest BCUT2D eigenvalue weighted by molar-refractivity contribution is 0.277. The van der Waals surface area contributed by atoms with Crippen molar-refractivity contribution in [1.82, 2.24) is 0 Å². The van der Waals surface area contributed by atoms with Crippen LogP contribution in [0, 0.1) is 23.7 Å². The second-order valence-corrected chi connectivity index (χ2v) is 21.6. The molecule has 0 spiro atoms. The van der Waals surface area contributed by atoms with Crippen molar-refractivity contribution in [3.63, 3.8) is 0 Å². The van der Waals surface area contributed by atoms with Gasteiger partial charge in [-0.2, -0.15) is 0 Å². The first-order valence-corrected chi connectivity index (χ1v) is 25.8. The summed E-state index contributed by atoms with van der Waals surface area (Å²) in [6, 6.07) is 80.8. The summed E-state index contributed by atoms with van der Waals surface area (Å²) in [5.41, 5.74) is 24.2. The Morgan fingerprint density at radius 1 is 0.300 bits per heavy atom. The lowest BCUT2D eigenvalue weighted by Crippen LogP contribution is -2.39. The number of rotatable bonds is 10. The third-order valence-corrected chi connectivity index (χ3v) is 17.3. The van der Waals surface area contributed by atoms with Crippen LogP contribution in [0.2, 0.25) is 0 Å². The van der Waals surface area contributed by atoms with E-state index >= 15 is 0 Å². The molecule has 9 aromatic rings. The summed E-state index contributed by atoms with van der Waals surface area (Å²) >= 11 is 0. The highest BCUT2D eigenvalue weighted by molar-refractivity contribution is 5.96. The highest BCUT2D eigenvalue weighted by Gasteiger charge is 2.54. The first kappa shape index (κ1) is 44.0. The summed E-state index contributed by atoms with van der Waals surface area (Å²) in [7, 11) is 0. The van der Waals surface area contributed by atoms with Gasteiger partial charge in [0.25, 0.3) is 0 Å². The fraction of sp³-hybridized carbons (Fsp3) is 0.217. The van der Waals surface area contributed by atoms with Gasteiger partial charge in [0, 0.05) is 22.2 Å². The van der Waals surface area contributed by atoms with E-state index in [1.807, 2.05) is 0 Å². The van der Waals surface area contributed by atoms with Crippen LogP contribution in [-0.2, 0) is 16.2 Å². The molecule has 1 nitrogen and oxygen atoms in total. The van der Waals surface area contributed by atoms with Crippen LogP contribution in [-0.4, -0.2) is 0 Å². The fourth-order valence-corrected chi connectivity index (χ4v) is 14.7. The van der Waals surface area contributed by atoms with E-state index in [-0.39, 0.29) is 10.8 Å². The van der Waals surface area contributed by atoms with E-state index in [9.17, 15) is 0 Å². The fourth-order valence-electron chi connectivity index (χ4n) is 14.7. The molecule has 0 unspecified atom stereocenters. The molecule has 0 aromatic heterocycles. The predicted molar refractivity (Wildman–Crippen MR) is 296 cm³/mol. The van der Waals surface area contributed by atoms with Crippen LogP contribution < -0.4 is 4.90 Å². The molecule has 1 heteroatoms. The van der Waals surface area contributed by atoms with Gasteiger partial charge in [-0.25, -0.2) is 0 Å². The zero-order valence-corrected chi connectivity index (χ0v) is 42.0. The van der Waals surface area contributed by atoms with Gasteiger partial charge in [-0.05, 0) is 155 Å². The number of anilines is 3. The zero-order chi connectivity index (χ0) is 48.1. The molecule has 0 fully saturated rings. The number of hydrogen-bond acceptors (Lipinski definition) is 1. The summed E-state index contributed by atoms with van der Waals surface area (Å²) < 4.78 is 0. The topological polar surface area (TPSA) is 3.24 Å². The first-order chi connectivity index (χ1) is 34.0. The smallest absolute Gasteiger partial charge is 0.0714 e. The van der Waals surface area contributed by atoms with Crippen molar-refractivity contribution < 1.29 is 0 Å². The maximum Gasteiger partial charge on any atom is 0.0714 e. The maximum absolute atomic E-state index is 2.67. The summed E-state index contributed by atoms with van der Waals surface area (Å²) in [6.45, 7) is 19.7. The van der Waals surface area contributed by atoms with E-state index < -0.39 is 5.41 Å². The quantitative estimate of drug-likeness (QED) is 0.132. The Morgan fingerprint density at radius 2 is 0.743 bits per heavy atom. The van der Waals surface area contributed by atoms with Crippen LogP contribution >= 0.6 is 0 Å². The Labute approximate surface area is 416 Å². The number of fused-ring (bicyclic) bond motifs is 9. The highest BCUT2D eigenvalue weighted by Crippen LogP contribution is 2.65. The van der Waals surface area contributed by atoms with Gasteiger partial charge in [0.05, 0.1) is 11.1 Å². The molecule has 0 amide bonds. The van der Waals surface area contributed by atoms with Crippen molar-refractivity contribution in [2.75, 3.05) is 4.90 Å². The minimum Gasteiger partial charge on any atom is -0.310 e. The van der Waals surface area contributed by atoms with Gasteiger partial charge in [-0.3, -0.25) is 0 Å². The third kappa shape index (κ3) is 5.91. The van der Waals surface area contributed by atoms with Gasteiger partial charge in [-0.1, -0.05) is 225 Å². The minimum atomic E-state index is -0.530.